The van der Waals surface area contributed by atoms with Gasteiger partial charge >= 0.3 is 11.9 Å². The standard InChI is InChI=1S/2C18H16N2.C5H6O4/c2*1-4-10-16(11-5-1)19-20(17-12-6-2-7-13-17)18-14-8-3-9-15-18;1-3(5(8)9)2-4(6)7/h2*1-15,19H;2H,1H3,(H,6,7)(H,8,9)/b;;3-2-. The number of benzene rings is 6. The van der Waals surface area contributed by atoms with Crippen molar-refractivity contribution in [2.24, 2.45) is 0 Å². The molecule has 0 heterocycles. The normalized spacial score (nSPS) is 10.2. The van der Waals surface area contributed by atoms with E-state index in [1.807, 2.05) is 109 Å². The molecule has 0 saturated heterocycles. The molecule has 8 heteroatoms. The average molecular weight is 651 g/mol. The van der Waals surface area contributed by atoms with E-state index in [0.29, 0.717) is 6.08 Å². The fourth-order valence-corrected chi connectivity index (χ4v) is 4.40. The minimum Gasteiger partial charge on any atom is -0.478 e. The Morgan fingerprint density at radius 2 is 0.694 bits per heavy atom. The summed E-state index contributed by atoms with van der Waals surface area (Å²) in [6.45, 7) is 1.22. The van der Waals surface area contributed by atoms with Crippen LogP contribution in [-0.4, -0.2) is 22.2 Å². The zero-order valence-corrected chi connectivity index (χ0v) is 27.0. The van der Waals surface area contributed by atoms with Gasteiger partial charge in [-0.15, -0.1) is 0 Å². The van der Waals surface area contributed by atoms with Crippen LogP contribution in [0.2, 0.25) is 0 Å². The van der Waals surface area contributed by atoms with Gasteiger partial charge in [-0.05, 0) is 79.7 Å². The van der Waals surface area contributed by atoms with Gasteiger partial charge in [0.05, 0.1) is 34.1 Å². The molecule has 0 saturated carbocycles. The van der Waals surface area contributed by atoms with Crippen molar-refractivity contribution < 1.29 is 19.8 Å². The number of hydrogen-bond acceptors (Lipinski definition) is 6. The summed E-state index contributed by atoms with van der Waals surface area (Å²) in [5.41, 5.74) is 13.2. The van der Waals surface area contributed by atoms with Gasteiger partial charge in [-0.3, -0.25) is 20.9 Å². The van der Waals surface area contributed by atoms with Crippen molar-refractivity contribution in [1.82, 2.24) is 0 Å². The highest BCUT2D eigenvalue weighted by Crippen LogP contribution is 2.27. The van der Waals surface area contributed by atoms with E-state index in [0.717, 1.165) is 34.1 Å². The average Bonchev–Trinajstić information content (AvgIpc) is 3.15. The number of nitrogens with zero attached hydrogens (tertiary/aromatic N) is 2. The van der Waals surface area contributed by atoms with Crippen LogP contribution in [0, 0.1) is 0 Å². The Bertz CT molecular complexity index is 1660. The van der Waals surface area contributed by atoms with E-state index in [1.165, 1.54) is 6.92 Å². The monoisotopic (exact) mass is 650 g/mol. The molecule has 49 heavy (non-hydrogen) atoms. The molecular weight excluding hydrogens is 612 g/mol. The van der Waals surface area contributed by atoms with E-state index < -0.39 is 11.9 Å². The Morgan fingerprint density at radius 1 is 0.449 bits per heavy atom. The highest BCUT2D eigenvalue weighted by molar-refractivity contribution is 5.94. The van der Waals surface area contributed by atoms with Gasteiger partial charge in [-0.25, -0.2) is 9.59 Å². The van der Waals surface area contributed by atoms with Gasteiger partial charge in [-0.1, -0.05) is 109 Å². The molecule has 6 aromatic rings. The van der Waals surface area contributed by atoms with Crippen LogP contribution in [0.5, 0.6) is 0 Å². The van der Waals surface area contributed by atoms with Gasteiger partial charge in [0.25, 0.3) is 0 Å². The van der Waals surface area contributed by atoms with Crippen molar-refractivity contribution in [3.05, 3.63) is 194 Å². The summed E-state index contributed by atoms with van der Waals surface area (Å²) >= 11 is 0. The molecule has 0 bridgehead atoms. The van der Waals surface area contributed by atoms with E-state index in [4.69, 9.17) is 10.2 Å². The van der Waals surface area contributed by atoms with Gasteiger partial charge in [0.2, 0.25) is 0 Å². The topological polar surface area (TPSA) is 105 Å². The lowest BCUT2D eigenvalue weighted by atomic mass is 10.2. The SMILES string of the molecule is C/C(=C/C(=O)O)C(=O)O.c1ccc(NN(c2ccccc2)c2ccccc2)cc1.c1ccc(NN(c2ccccc2)c2ccccc2)cc1. The zero-order chi connectivity index (χ0) is 34.7. The van der Waals surface area contributed by atoms with Crippen molar-refractivity contribution in [2.45, 2.75) is 6.92 Å². The Kier molecular flexibility index (Phi) is 13.6. The number of rotatable bonds is 10. The van der Waals surface area contributed by atoms with E-state index in [2.05, 4.69) is 93.7 Å². The fourth-order valence-electron chi connectivity index (χ4n) is 4.40. The maximum atomic E-state index is 9.90. The Hall–Kier alpha value is -6.80. The highest BCUT2D eigenvalue weighted by Gasteiger charge is 2.09. The van der Waals surface area contributed by atoms with Crippen molar-refractivity contribution in [1.29, 1.82) is 0 Å². The Balaban J connectivity index is 0.000000179. The van der Waals surface area contributed by atoms with Crippen molar-refractivity contribution in [3.8, 4) is 0 Å². The predicted molar refractivity (Wildman–Crippen MR) is 199 cm³/mol. The first kappa shape index (κ1) is 35.1. The van der Waals surface area contributed by atoms with Crippen LogP contribution in [-0.2, 0) is 9.59 Å². The summed E-state index contributed by atoms with van der Waals surface area (Å²) in [6, 6.07) is 61.4. The molecule has 0 unspecified atom stereocenters. The summed E-state index contributed by atoms with van der Waals surface area (Å²) in [5.74, 6) is -2.45. The number of anilines is 6. The molecule has 6 aromatic carbocycles. The number of hydrazine groups is 2. The molecule has 0 radical (unpaired) electrons. The largest absolute Gasteiger partial charge is 0.478 e. The Labute approximate surface area is 286 Å². The van der Waals surface area contributed by atoms with Gasteiger partial charge in [0, 0.05) is 11.6 Å². The smallest absolute Gasteiger partial charge is 0.331 e. The predicted octanol–water partition coefficient (Wildman–Crippen LogP) is 9.81. The van der Waals surface area contributed by atoms with Crippen LogP contribution in [0.1, 0.15) is 6.92 Å². The van der Waals surface area contributed by atoms with Crippen LogP contribution >= 0.6 is 0 Å². The lowest BCUT2D eigenvalue weighted by Crippen LogP contribution is -2.24. The van der Waals surface area contributed by atoms with Crippen molar-refractivity contribution in [3.63, 3.8) is 0 Å². The molecule has 4 N–H and O–H groups in total. The molecule has 0 atom stereocenters. The lowest BCUT2D eigenvalue weighted by Gasteiger charge is -2.26. The number of carboxylic acid groups (broad SMARTS) is 2. The summed E-state index contributed by atoms with van der Waals surface area (Å²) in [6.07, 6.45) is 0.641. The third kappa shape index (κ3) is 11.8. The maximum absolute atomic E-state index is 9.90. The third-order valence-electron chi connectivity index (χ3n) is 6.76. The molecule has 246 valence electrons. The molecule has 0 aliphatic carbocycles. The molecule has 0 aliphatic heterocycles. The van der Waals surface area contributed by atoms with Gasteiger partial charge in [-0.2, -0.15) is 0 Å². The van der Waals surface area contributed by atoms with Gasteiger partial charge in [0.1, 0.15) is 0 Å². The second-order valence-electron chi connectivity index (χ2n) is 10.4. The van der Waals surface area contributed by atoms with E-state index in [9.17, 15) is 9.59 Å². The number of aliphatic carboxylic acids is 2. The van der Waals surface area contributed by atoms with Crippen LogP contribution in [0.25, 0.3) is 0 Å². The van der Waals surface area contributed by atoms with Gasteiger partial charge in [0.15, 0.2) is 0 Å². The molecule has 0 amide bonds. The first-order valence-electron chi connectivity index (χ1n) is 15.5. The quantitative estimate of drug-likeness (QED) is 0.0858. The zero-order valence-electron chi connectivity index (χ0n) is 27.0. The molecule has 0 spiro atoms. The molecular formula is C41H38N4O4. The summed E-state index contributed by atoms with van der Waals surface area (Å²) in [7, 11) is 0. The third-order valence-corrected chi connectivity index (χ3v) is 6.76. The lowest BCUT2D eigenvalue weighted by molar-refractivity contribution is -0.135. The second kappa shape index (κ2) is 19.0. The molecule has 6 rings (SSSR count). The molecule has 0 fully saturated rings. The number of carboxylic acids is 2. The van der Waals surface area contributed by atoms with Crippen LogP contribution in [0.3, 0.4) is 0 Å². The first-order chi connectivity index (χ1) is 23.9. The van der Waals surface area contributed by atoms with E-state index >= 15 is 0 Å². The number of carbonyl (C=O) groups is 2. The number of hydrogen-bond donors (Lipinski definition) is 4. The maximum Gasteiger partial charge on any atom is 0.331 e. The van der Waals surface area contributed by atoms with E-state index in [-0.39, 0.29) is 5.57 Å². The molecule has 0 aromatic heterocycles. The van der Waals surface area contributed by atoms with Crippen molar-refractivity contribution >= 4 is 46.1 Å². The second-order valence-corrected chi connectivity index (χ2v) is 10.4. The van der Waals surface area contributed by atoms with Crippen LogP contribution < -0.4 is 20.9 Å². The minimum absolute atomic E-state index is 0.178. The highest BCUT2D eigenvalue weighted by atomic mass is 16.4. The van der Waals surface area contributed by atoms with E-state index in [1.54, 1.807) is 0 Å². The first-order valence-corrected chi connectivity index (χ1v) is 15.5. The molecule has 8 nitrogen and oxygen atoms in total. The summed E-state index contributed by atoms with van der Waals surface area (Å²) < 4.78 is 0. The number of para-hydroxylation sites is 6. The number of nitrogens with one attached hydrogen (secondary N) is 2. The minimum atomic E-state index is -1.24. The fraction of sp³-hybridized carbons (Fsp3) is 0.0244. The van der Waals surface area contributed by atoms with Crippen LogP contribution in [0.4, 0.5) is 34.1 Å². The summed E-state index contributed by atoms with van der Waals surface area (Å²) in [5, 5.41) is 20.2. The van der Waals surface area contributed by atoms with Crippen LogP contribution in [0.15, 0.2) is 194 Å². The Morgan fingerprint density at radius 3 is 0.898 bits per heavy atom. The van der Waals surface area contributed by atoms with Crippen molar-refractivity contribution in [2.75, 3.05) is 20.9 Å². The van der Waals surface area contributed by atoms with Gasteiger partial charge < -0.3 is 10.2 Å². The summed E-state index contributed by atoms with van der Waals surface area (Å²) in [4.78, 5) is 19.7. The molecule has 0 aliphatic rings.